The molecule has 1 amide bonds. The maximum Gasteiger partial charge on any atom is 0.274 e. The van der Waals surface area contributed by atoms with Crippen LogP contribution in [0, 0.1) is 11.3 Å². The van der Waals surface area contributed by atoms with E-state index >= 15 is 0 Å². The highest BCUT2D eigenvalue weighted by molar-refractivity contribution is 7.21. The maximum absolute atomic E-state index is 14.3. The van der Waals surface area contributed by atoms with Gasteiger partial charge in [0.2, 0.25) is 0 Å². The van der Waals surface area contributed by atoms with Crippen molar-refractivity contribution in [2.45, 2.75) is 0 Å². The number of amides is 1. The van der Waals surface area contributed by atoms with Crippen molar-refractivity contribution in [1.29, 1.82) is 5.26 Å². The third-order valence-electron chi connectivity index (χ3n) is 6.35. The number of benzene rings is 4. The van der Waals surface area contributed by atoms with Crippen LogP contribution in [-0.2, 0) is 0 Å². The van der Waals surface area contributed by atoms with Gasteiger partial charge in [0.05, 0.1) is 11.3 Å². The van der Waals surface area contributed by atoms with Crippen molar-refractivity contribution < 1.29 is 4.79 Å². The van der Waals surface area contributed by atoms with Gasteiger partial charge in [-0.3, -0.25) is 9.69 Å². The van der Waals surface area contributed by atoms with E-state index in [0.717, 1.165) is 33.8 Å². The van der Waals surface area contributed by atoms with Gasteiger partial charge in [-0.25, -0.2) is 4.98 Å². The molecule has 6 rings (SSSR count). The molecule has 0 spiro atoms. The van der Waals surface area contributed by atoms with Gasteiger partial charge in [-0.15, -0.1) is 11.3 Å². The number of thiophene rings is 1. The molecule has 0 N–H and O–H groups in total. The van der Waals surface area contributed by atoms with Crippen molar-refractivity contribution >= 4 is 38.8 Å². The van der Waals surface area contributed by atoms with E-state index in [9.17, 15) is 10.1 Å². The van der Waals surface area contributed by atoms with Crippen LogP contribution in [0.1, 0.15) is 15.2 Å². The summed E-state index contributed by atoms with van der Waals surface area (Å²) in [5, 5.41) is 11.1. The fraction of sp³-hybridized carbons (Fsp3) is 0. The molecule has 0 saturated carbocycles. The van der Waals surface area contributed by atoms with Crippen LogP contribution in [0.3, 0.4) is 0 Å². The molecular weight excluding hydrogens is 486 g/mol. The van der Waals surface area contributed by atoms with Gasteiger partial charge in [0, 0.05) is 22.3 Å². The fourth-order valence-electron chi connectivity index (χ4n) is 4.60. The Bertz CT molecular complexity index is 1740. The molecule has 0 fully saturated rings. The predicted octanol–water partition coefficient (Wildman–Crippen LogP) is 8.48. The zero-order chi connectivity index (χ0) is 25.9. The Morgan fingerprint density at radius 3 is 1.74 bits per heavy atom. The molecule has 4 nitrogen and oxygen atoms in total. The first-order chi connectivity index (χ1) is 18.7. The highest BCUT2D eigenvalue weighted by atomic mass is 32.1. The van der Waals surface area contributed by atoms with Gasteiger partial charge < -0.3 is 0 Å². The minimum Gasteiger partial charge on any atom is -0.276 e. The molecule has 38 heavy (non-hydrogen) atoms. The summed E-state index contributed by atoms with van der Waals surface area (Å²) in [6.45, 7) is 0. The molecule has 0 aliphatic heterocycles. The number of carbonyl (C=O) groups is 1. The number of anilines is 2. The van der Waals surface area contributed by atoms with Crippen LogP contribution in [0.25, 0.3) is 32.6 Å². The monoisotopic (exact) mass is 507 g/mol. The summed E-state index contributed by atoms with van der Waals surface area (Å²) >= 11 is 1.27. The van der Waals surface area contributed by atoms with Gasteiger partial charge >= 0.3 is 0 Å². The quantitative estimate of drug-likeness (QED) is 0.235. The number of nitriles is 1. The molecule has 0 unspecified atom stereocenters. The summed E-state index contributed by atoms with van der Waals surface area (Å²) < 4.78 is 0. The molecular formula is C33H21N3OS. The van der Waals surface area contributed by atoms with Crippen molar-refractivity contribution in [3.05, 3.63) is 138 Å². The van der Waals surface area contributed by atoms with E-state index < -0.39 is 0 Å². The lowest BCUT2D eigenvalue weighted by Gasteiger charge is -2.22. The lowest BCUT2D eigenvalue weighted by molar-refractivity contribution is 0.100. The molecule has 5 heteroatoms. The summed E-state index contributed by atoms with van der Waals surface area (Å²) in [5.74, 6) is -0.262. The SMILES string of the molecule is N#Cc1c(C(=O)N(c2ccccc2)c2ccccc2)sc2nc(-c3ccccc3)cc(-c3ccccc3)c12. The zero-order valence-corrected chi connectivity index (χ0v) is 21.1. The van der Waals surface area contributed by atoms with Crippen molar-refractivity contribution in [2.24, 2.45) is 0 Å². The normalized spacial score (nSPS) is 10.7. The van der Waals surface area contributed by atoms with Crippen LogP contribution in [0.15, 0.2) is 127 Å². The Morgan fingerprint density at radius 1 is 0.711 bits per heavy atom. The number of pyridine rings is 1. The fourth-order valence-corrected chi connectivity index (χ4v) is 5.68. The third kappa shape index (κ3) is 4.24. The van der Waals surface area contributed by atoms with Gasteiger partial charge in [0.15, 0.2) is 0 Å². The second kappa shape index (κ2) is 10.1. The van der Waals surface area contributed by atoms with Crippen LogP contribution >= 0.6 is 11.3 Å². The number of carbonyl (C=O) groups excluding carboxylic acids is 1. The van der Waals surface area contributed by atoms with E-state index in [0.29, 0.717) is 20.7 Å². The number of para-hydroxylation sites is 2. The van der Waals surface area contributed by atoms with Gasteiger partial charge in [-0.2, -0.15) is 5.26 Å². The minimum absolute atomic E-state index is 0.262. The number of aromatic nitrogens is 1. The molecule has 0 saturated heterocycles. The molecule has 180 valence electrons. The standard InChI is InChI=1S/C33H21N3OS/c34-22-28-30-27(23-13-5-1-6-14-23)21-29(24-15-7-2-8-16-24)35-32(30)38-31(28)33(37)36(25-17-9-3-10-18-25)26-19-11-4-12-20-26/h1-21H. The molecule has 2 aromatic heterocycles. The first kappa shape index (κ1) is 23.4. The number of hydrogen-bond acceptors (Lipinski definition) is 4. The van der Waals surface area contributed by atoms with Gasteiger partial charge in [0.1, 0.15) is 15.8 Å². The summed E-state index contributed by atoms with van der Waals surface area (Å²) in [6.07, 6.45) is 0. The Kier molecular flexibility index (Phi) is 6.23. The van der Waals surface area contributed by atoms with Crippen molar-refractivity contribution in [3.63, 3.8) is 0 Å². The average molecular weight is 508 g/mol. The summed E-state index contributed by atoms with van der Waals surface area (Å²) in [5.41, 5.74) is 5.42. The molecule has 0 atom stereocenters. The number of nitrogens with zero attached hydrogens (tertiary/aromatic N) is 3. The summed E-state index contributed by atoms with van der Waals surface area (Å²) in [7, 11) is 0. The Labute approximate surface area is 224 Å². The first-order valence-electron chi connectivity index (χ1n) is 12.2. The zero-order valence-electron chi connectivity index (χ0n) is 20.3. The van der Waals surface area contributed by atoms with Crippen LogP contribution in [-0.4, -0.2) is 10.9 Å². The van der Waals surface area contributed by atoms with E-state index in [4.69, 9.17) is 4.98 Å². The smallest absolute Gasteiger partial charge is 0.274 e. The number of fused-ring (bicyclic) bond motifs is 1. The largest absolute Gasteiger partial charge is 0.276 e. The minimum atomic E-state index is -0.262. The Morgan fingerprint density at radius 2 is 1.21 bits per heavy atom. The van der Waals surface area contributed by atoms with Crippen molar-refractivity contribution in [2.75, 3.05) is 4.90 Å². The van der Waals surface area contributed by atoms with Crippen molar-refractivity contribution in [1.82, 2.24) is 4.98 Å². The lowest BCUT2D eigenvalue weighted by Crippen LogP contribution is -2.25. The molecule has 2 heterocycles. The van der Waals surface area contributed by atoms with E-state index in [1.54, 1.807) is 4.90 Å². The second-order valence-corrected chi connectivity index (χ2v) is 9.70. The third-order valence-corrected chi connectivity index (χ3v) is 7.43. The van der Waals surface area contributed by atoms with Gasteiger partial charge in [-0.05, 0) is 41.5 Å². The van der Waals surface area contributed by atoms with E-state index in [1.165, 1.54) is 11.3 Å². The highest BCUT2D eigenvalue weighted by Gasteiger charge is 2.28. The van der Waals surface area contributed by atoms with Crippen molar-refractivity contribution in [3.8, 4) is 28.5 Å². The topological polar surface area (TPSA) is 57.0 Å². The predicted molar refractivity (Wildman–Crippen MR) is 155 cm³/mol. The average Bonchev–Trinajstić information content (AvgIpc) is 3.37. The molecule has 0 aliphatic rings. The van der Waals surface area contributed by atoms with Crippen LogP contribution in [0.5, 0.6) is 0 Å². The molecule has 6 aromatic rings. The molecule has 0 aliphatic carbocycles. The maximum atomic E-state index is 14.3. The number of rotatable bonds is 5. The highest BCUT2D eigenvalue weighted by Crippen LogP contribution is 2.41. The first-order valence-corrected chi connectivity index (χ1v) is 13.0. The Balaban J connectivity index is 1.60. The summed E-state index contributed by atoms with van der Waals surface area (Å²) in [4.78, 5) is 21.9. The summed E-state index contributed by atoms with van der Waals surface area (Å²) in [6, 6.07) is 43.3. The van der Waals surface area contributed by atoms with Crippen LogP contribution in [0.4, 0.5) is 11.4 Å². The van der Waals surface area contributed by atoms with Crippen LogP contribution in [0.2, 0.25) is 0 Å². The molecule has 0 bridgehead atoms. The lowest BCUT2D eigenvalue weighted by atomic mass is 9.98. The van der Waals surface area contributed by atoms with Gasteiger partial charge in [0.25, 0.3) is 5.91 Å². The van der Waals surface area contributed by atoms with E-state index in [-0.39, 0.29) is 5.91 Å². The van der Waals surface area contributed by atoms with E-state index in [2.05, 4.69) is 6.07 Å². The Hall–Kier alpha value is -5.05. The van der Waals surface area contributed by atoms with E-state index in [1.807, 2.05) is 127 Å². The van der Waals surface area contributed by atoms with Crippen LogP contribution < -0.4 is 4.90 Å². The molecule has 0 radical (unpaired) electrons. The second-order valence-electron chi connectivity index (χ2n) is 8.70. The number of hydrogen-bond donors (Lipinski definition) is 0. The molecule has 4 aromatic carbocycles. The van der Waals surface area contributed by atoms with Gasteiger partial charge in [-0.1, -0.05) is 97.1 Å².